The van der Waals surface area contributed by atoms with Crippen molar-refractivity contribution in [2.24, 2.45) is 11.0 Å². The predicted molar refractivity (Wildman–Crippen MR) is 85.7 cm³/mol. The van der Waals surface area contributed by atoms with Crippen molar-refractivity contribution in [2.45, 2.75) is 47.5 Å². The molecule has 114 valence electrons. The van der Waals surface area contributed by atoms with E-state index in [2.05, 4.69) is 10.5 Å². The molecule has 21 heavy (non-hydrogen) atoms. The molecule has 0 fully saturated rings. The van der Waals surface area contributed by atoms with Crippen LogP contribution >= 0.6 is 0 Å². The van der Waals surface area contributed by atoms with Crippen molar-refractivity contribution in [1.29, 1.82) is 0 Å². The van der Waals surface area contributed by atoms with Crippen LogP contribution in [0.25, 0.3) is 0 Å². The fraction of sp³-hybridized carbons (Fsp3) is 0.471. The van der Waals surface area contributed by atoms with Gasteiger partial charge in [0.25, 0.3) is 5.78 Å². The van der Waals surface area contributed by atoms with Crippen LogP contribution in [0, 0.1) is 12.8 Å². The normalized spacial score (nSPS) is 11.1. The third-order valence-corrected chi connectivity index (χ3v) is 3.18. The molecule has 1 aromatic rings. The van der Waals surface area contributed by atoms with Gasteiger partial charge in [0.15, 0.2) is 0 Å². The van der Waals surface area contributed by atoms with Gasteiger partial charge in [0.1, 0.15) is 0 Å². The van der Waals surface area contributed by atoms with Crippen molar-refractivity contribution in [3.8, 4) is 0 Å². The Hall–Kier alpha value is -1.97. The molecule has 0 aliphatic rings. The zero-order valence-corrected chi connectivity index (χ0v) is 13.5. The van der Waals surface area contributed by atoms with Gasteiger partial charge in [-0.2, -0.15) is 5.10 Å². The number of hydrogen-bond acceptors (Lipinski definition) is 3. The Kier molecular flexibility index (Phi) is 6.28. The molecule has 0 radical (unpaired) electrons. The van der Waals surface area contributed by atoms with E-state index in [4.69, 9.17) is 0 Å². The molecule has 0 spiro atoms. The van der Waals surface area contributed by atoms with Gasteiger partial charge in [-0.05, 0) is 36.8 Å². The molecule has 0 heterocycles. The average molecular weight is 288 g/mol. The van der Waals surface area contributed by atoms with Gasteiger partial charge in [-0.3, -0.25) is 9.59 Å². The maximum Gasteiger partial charge on any atom is 0.312 e. The zero-order chi connectivity index (χ0) is 16.0. The quantitative estimate of drug-likeness (QED) is 0.378. The summed E-state index contributed by atoms with van der Waals surface area (Å²) in [5.41, 5.74) is 5.78. The minimum atomic E-state index is -0.680. The van der Waals surface area contributed by atoms with E-state index in [0.29, 0.717) is 5.56 Å². The summed E-state index contributed by atoms with van der Waals surface area (Å²) in [6.07, 6.45) is 3.04. The number of ketones is 1. The van der Waals surface area contributed by atoms with E-state index >= 15 is 0 Å². The summed E-state index contributed by atoms with van der Waals surface area (Å²) in [4.78, 5) is 24.4. The van der Waals surface area contributed by atoms with Crippen LogP contribution in [0.3, 0.4) is 0 Å². The second-order valence-electron chi connectivity index (χ2n) is 5.46. The first-order valence-electron chi connectivity index (χ1n) is 7.40. The third-order valence-electron chi connectivity index (χ3n) is 3.18. The van der Waals surface area contributed by atoms with E-state index in [0.717, 1.165) is 29.5 Å². The number of amides is 1. The highest BCUT2D eigenvalue weighted by molar-refractivity contribution is 6.43. The Balaban J connectivity index is 3.08. The van der Waals surface area contributed by atoms with Crippen LogP contribution in [0.4, 0.5) is 0 Å². The molecule has 0 atom stereocenters. The highest BCUT2D eigenvalue weighted by Gasteiger charge is 2.22. The minimum Gasteiger partial charge on any atom is -0.283 e. The van der Waals surface area contributed by atoms with Gasteiger partial charge in [0.05, 0.1) is 0 Å². The van der Waals surface area contributed by atoms with Crippen molar-refractivity contribution in [1.82, 2.24) is 5.43 Å². The van der Waals surface area contributed by atoms with Crippen LogP contribution in [0.5, 0.6) is 0 Å². The van der Waals surface area contributed by atoms with Crippen LogP contribution < -0.4 is 5.43 Å². The molecule has 0 aliphatic heterocycles. The lowest BCUT2D eigenvalue weighted by atomic mass is 9.92. The monoisotopic (exact) mass is 288 g/mol. The molecule has 0 saturated heterocycles. The van der Waals surface area contributed by atoms with Gasteiger partial charge in [-0.15, -0.1) is 0 Å². The number of rotatable bonds is 6. The first-order valence-corrected chi connectivity index (χ1v) is 7.40. The molecule has 1 amide bonds. The van der Waals surface area contributed by atoms with Gasteiger partial charge in [-0.1, -0.05) is 45.4 Å². The van der Waals surface area contributed by atoms with E-state index in [1.165, 1.54) is 0 Å². The standard InChI is InChI=1S/C17H24N2O2/c1-6-13-8-12(5)9-14(7-2)15(13)16(20)17(21)19-18-10-11(3)4/h8-11H,6-7H2,1-5H3,(H,19,21)/b18-10+. The Bertz CT molecular complexity index is 535. The van der Waals surface area contributed by atoms with Crippen molar-refractivity contribution >= 4 is 17.9 Å². The molecule has 1 N–H and O–H groups in total. The number of hydrazone groups is 1. The molecular formula is C17H24N2O2. The summed E-state index contributed by atoms with van der Waals surface area (Å²) in [6, 6.07) is 3.94. The number of nitrogens with one attached hydrogen (secondary N) is 1. The van der Waals surface area contributed by atoms with Crippen molar-refractivity contribution in [3.63, 3.8) is 0 Å². The second-order valence-corrected chi connectivity index (χ2v) is 5.46. The molecule has 0 aliphatic carbocycles. The zero-order valence-electron chi connectivity index (χ0n) is 13.5. The Morgan fingerprint density at radius 1 is 1.19 bits per heavy atom. The fourth-order valence-electron chi connectivity index (χ4n) is 2.20. The van der Waals surface area contributed by atoms with E-state index in [-0.39, 0.29) is 5.92 Å². The van der Waals surface area contributed by atoms with Crippen LogP contribution in [-0.2, 0) is 17.6 Å². The SMILES string of the molecule is CCc1cc(C)cc(CC)c1C(=O)C(=O)N/N=C/C(C)C. The summed E-state index contributed by atoms with van der Waals surface area (Å²) in [7, 11) is 0. The lowest BCUT2D eigenvalue weighted by Gasteiger charge is -2.13. The largest absolute Gasteiger partial charge is 0.312 e. The molecule has 1 rings (SSSR count). The molecule has 0 unspecified atom stereocenters. The number of aryl methyl sites for hydroxylation is 3. The first kappa shape index (κ1) is 17.1. The molecular weight excluding hydrogens is 264 g/mol. The molecule has 4 heteroatoms. The smallest absolute Gasteiger partial charge is 0.283 e. The highest BCUT2D eigenvalue weighted by Crippen LogP contribution is 2.20. The Labute approximate surface area is 126 Å². The second kappa shape index (κ2) is 7.72. The highest BCUT2D eigenvalue weighted by atomic mass is 16.2. The lowest BCUT2D eigenvalue weighted by molar-refractivity contribution is -0.117. The summed E-state index contributed by atoms with van der Waals surface area (Å²) in [6.45, 7) is 9.86. The van der Waals surface area contributed by atoms with E-state index in [1.807, 2.05) is 46.8 Å². The Morgan fingerprint density at radius 3 is 2.14 bits per heavy atom. The number of carbonyl (C=O) groups excluding carboxylic acids is 2. The van der Waals surface area contributed by atoms with E-state index in [1.54, 1.807) is 6.21 Å². The van der Waals surface area contributed by atoms with E-state index in [9.17, 15) is 9.59 Å². The maximum atomic E-state index is 12.4. The molecule has 0 bridgehead atoms. The topological polar surface area (TPSA) is 58.5 Å². The number of benzene rings is 1. The number of hydrogen-bond donors (Lipinski definition) is 1. The van der Waals surface area contributed by atoms with Crippen molar-refractivity contribution < 1.29 is 9.59 Å². The molecule has 1 aromatic carbocycles. The van der Waals surface area contributed by atoms with Crippen LogP contribution in [0.15, 0.2) is 17.2 Å². The number of Topliss-reactive ketones (excluding diaryl/α,β-unsaturated/α-hetero) is 1. The maximum absolute atomic E-state index is 12.4. The van der Waals surface area contributed by atoms with Crippen LogP contribution in [0.1, 0.15) is 54.7 Å². The van der Waals surface area contributed by atoms with Crippen molar-refractivity contribution in [3.05, 3.63) is 34.4 Å². The van der Waals surface area contributed by atoms with Crippen LogP contribution in [-0.4, -0.2) is 17.9 Å². The van der Waals surface area contributed by atoms with Gasteiger partial charge < -0.3 is 0 Å². The van der Waals surface area contributed by atoms with Gasteiger partial charge in [0.2, 0.25) is 0 Å². The summed E-state index contributed by atoms with van der Waals surface area (Å²) in [5, 5.41) is 3.80. The van der Waals surface area contributed by atoms with Gasteiger partial charge in [0, 0.05) is 11.8 Å². The van der Waals surface area contributed by atoms with Gasteiger partial charge in [-0.25, -0.2) is 5.43 Å². The number of carbonyl (C=O) groups is 2. The fourth-order valence-corrected chi connectivity index (χ4v) is 2.20. The third kappa shape index (κ3) is 4.52. The predicted octanol–water partition coefficient (Wildman–Crippen LogP) is 3.06. The molecule has 0 saturated carbocycles. The van der Waals surface area contributed by atoms with E-state index < -0.39 is 11.7 Å². The Morgan fingerprint density at radius 2 is 1.71 bits per heavy atom. The molecule has 0 aromatic heterocycles. The summed E-state index contributed by atoms with van der Waals surface area (Å²) in [5.74, 6) is -0.970. The first-order chi connectivity index (χ1) is 9.90. The summed E-state index contributed by atoms with van der Waals surface area (Å²) >= 11 is 0. The summed E-state index contributed by atoms with van der Waals surface area (Å²) < 4.78 is 0. The average Bonchev–Trinajstić information content (AvgIpc) is 2.44. The number of nitrogens with zero attached hydrogens (tertiary/aromatic N) is 1. The van der Waals surface area contributed by atoms with Gasteiger partial charge >= 0.3 is 5.91 Å². The lowest BCUT2D eigenvalue weighted by Crippen LogP contribution is -2.29. The molecule has 4 nitrogen and oxygen atoms in total. The van der Waals surface area contributed by atoms with Crippen molar-refractivity contribution in [2.75, 3.05) is 0 Å². The van der Waals surface area contributed by atoms with Crippen LogP contribution in [0.2, 0.25) is 0 Å². The minimum absolute atomic E-state index is 0.220.